The molecule has 1 aliphatic rings. The molecule has 0 fully saturated rings. The maximum atomic E-state index is 5.01. The number of allylic oxidation sites excluding steroid dienone is 2. The van der Waals surface area contributed by atoms with E-state index in [-0.39, 0.29) is 6.04 Å². The second-order valence-corrected chi connectivity index (χ2v) is 3.87. The third-order valence-corrected chi connectivity index (χ3v) is 2.10. The van der Waals surface area contributed by atoms with Crippen molar-refractivity contribution in [3.05, 3.63) is 36.7 Å². The van der Waals surface area contributed by atoms with Crippen LogP contribution in [0.5, 0.6) is 0 Å². The number of aliphatic imine (C=N–C) groups is 2. The fourth-order valence-corrected chi connectivity index (χ4v) is 1.26. The summed E-state index contributed by atoms with van der Waals surface area (Å²) in [6.07, 6.45) is 3.45. The Morgan fingerprint density at radius 1 is 1.65 bits per heavy atom. The molecule has 1 unspecified atom stereocenters. The summed E-state index contributed by atoms with van der Waals surface area (Å²) < 4.78 is 0. The van der Waals surface area contributed by atoms with Gasteiger partial charge in [-0.05, 0) is 19.9 Å². The predicted molar refractivity (Wildman–Crippen MR) is 70.7 cm³/mol. The van der Waals surface area contributed by atoms with Crippen molar-refractivity contribution in [2.75, 3.05) is 6.54 Å². The Morgan fingerprint density at radius 3 is 2.88 bits per heavy atom. The average molecular weight is 234 g/mol. The first kappa shape index (κ1) is 13.2. The Bertz CT molecular complexity index is 407. The number of nitrogens with two attached hydrogens (primary N) is 1. The molecule has 3 N–H and O–H groups in total. The molecule has 0 amide bonds. The summed E-state index contributed by atoms with van der Waals surface area (Å²) in [5, 5.41) is 3.13. The first-order valence-corrected chi connectivity index (χ1v) is 5.33. The molecule has 5 heteroatoms. The van der Waals surface area contributed by atoms with Crippen molar-refractivity contribution < 1.29 is 4.84 Å². The molecule has 0 aromatic heterocycles. The molecule has 1 atom stereocenters. The summed E-state index contributed by atoms with van der Waals surface area (Å²) in [4.78, 5) is 13.0. The molecule has 92 valence electrons. The number of hydrogen-bond acceptors (Lipinski definition) is 5. The molecule has 17 heavy (non-hydrogen) atoms. The van der Waals surface area contributed by atoms with Crippen LogP contribution in [0.1, 0.15) is 13.8 Å². The summed E-state index contributed by atoms with van der Waals surface area (Å²) in [6, 6.07) is 0.110. The van der Waals surface area contributed by atoms with Gasteiger partial charge in [0.25, 0.3) is 0 Å². The number of hydrogen-bond donors (Lipinski definition) is 2. The van der Waals surface area contributed by atoms with E-state index >= 15 is 0 Å². The van der Waals surface area contributed by atoms with Crippen LogP contribution >= 0.6 is 0 Å². The molecule has 1 heterocycles. The number of dihydropyridines is 1. The maximum absolute atomic E-state index is 5.01. The van der Waals surface area contributed by atoms with Crippen LogP contribution in [0, 0.1) is 0 Å². The molecule has 1 aliphatic heterocycles. The summed E-state index contributed by atoms with van der Waals surface area (Å²) in [7, 11) is 0. The molecule has 0 saturated carbocycles. The molecule has 0 aliphatic carbocycles. The fraction of sp³-hybridized carbons (Fsp3) is 0.333. The van der Waals surface area contributed by atoms with E-state index in [4.69, 9.17) is 5.90 Å². The van der Waals surface area contributed by atoms with Crippen LogP contribution < -0.4 is 11.2 Å². The minimum Gasteiger partial charge on any atom is -0.391 e. The van der Waals surface area contributed by atoms with Crippen LogP contribution in [-0.4, -0.2) is 24.2 Å². The largest absolute Gasteiger partial charge is 0.391 e. The monoisotopic (exact) mass is 234 g/mol. The lowest BCUT2D eigenvalue weighted by Gasteiger charge is -2.13. The summed E-state index contributed by atoms with van der Waals surface area (Å²) in [5.41, 5.74) is 2.21. The second kappa shape index (κ2) is 6.00. The van der Waals surface area contributed by atoms with Crippen LogP contribution in [0.25, 0.3) is 0 Å². The van der Waals surface area contributed by atoms with E-state index in [1.54, 1.807) is 12.2 Å². The first-order valence-electron chi connectivity index (χ1n) is 5.33. The lowest BCUT2D eigenvalue weighted by molar-refractivity contribution is 0.323. The van der Waals surface area contributed by atoms with Crippen molar-refractivity contribution in [1.29, 1.82) is 0 Å². The van der Waals surface area contributed by atoms with Crippen LogP contribution in [-0.2, 0) is 4.84 Å². The van der Waals surface area contributed by atoms with Gasteiger partial charge in [-0.2, -0.15) is 5.90 Å². The zero-order chi connectivity index (χ0) is 12.8. The normalized spacial score (nSPS) is 18.9. The number of nitrogens with zero attached hydrogens (tertiary/aromatic N) is 2. The highest BCUT2D eigenvalue weighted by atomic mass is 16.6. The van der Waals surface area contributed by atoms with Gasteiger partial charge in [-0.15, -0.1) is 0 Å². The van der Waals surface area contributed by atoms with Crippen molar-refractivity contribution in [2.24, 2.45) is 15.9 Å². The smallest absolute Gasteiger partial charge is 0.238 e. The summed E-state index contributed by atoms with van der Waals surface area (Å²) >= 11 is 0. The van der Waals surface area contributed by atoms with Crippen LogP contribution in [0.3, 0.4) is 0 Å². The minimum absolute atomic E-state index is 0.110. The van der Waals surface area contributed by atoms with Crippen molar-refractivity contribution in [1.82, 2.24) is 5.32 Å². The molecule has 0 aromatic rings. The van der Waals surface area contributed by atoms with E-state index in [9.17, 15) is 0 Å². The Kier molecular flexibility index (Phi) is 4.66. The third-order valence-electron chi connectivity index (χ3n) is 2.10. The van der Waals surface area contributed by atoms with E-state index < -0.39 is 0 Å². The topological polar surface area (TPSA) is 72.0 Å². The van der Waals surface area contributed by atoms with Crippen LogP contribution in [0.2, 0.25) is 0 Å². The van der Waals surface area contributed by atoms with Crippen molar-refractivity contribution >= 4 is 11.6 Å². The van der Waals surface area contributed by atoms with E-state index in [1.807, 2.05) is 13.8 Å². The Labute approximate surface area is 101 Å². The molecule has 1 rings (SSSR count). The van der Waals surface area contributed by atoms with Gasteiger partial charge in [0.05, 0.1) is 17.5 Å². The molecule has 0 aromatic carbocycles. The van der Waals surface area contributed by atoms with Crippen molar-refractivity contribution in [3.63, 3.8) is 0 Å². The number of nitrogens with one attached hydrogen (secondary N) is 1. The molecule has 0 radical (unpaired) electrons. The average Bonchev–Trinajstić information content (AvgIpc) is 2.29. The molecule has 0 spiro atoms. The molecule has 5 nitrogen and oxygen atoms in total. The van der Waals surface area contributed by atoms with E-state index in [0.717, 1.165) is 18.0 Å². The second-order valence-electron chi connectivity index (χ2n) is 3.87. The highest BCUT2D eigenvalue weighted by molar-refractivity contribution is 6.14. The molecular formula is C12H18N4O. The van der Waals surface area contributed by atoms with Gasteiger partial charge in [0.2, 0.25) is 5.90 Å². The van der Waals surface area contributed by atoms with Gasteiger partial charge in [0.15, 0.2) is 0 Å². The third kappa shape index (κ3) is 4.24. The highest BCUT2D eigenvalue weighted by Gasteiger charge is 2.10. The zero-order valence-electron chi connectivity index (χ0n) is 10.2. The maximum Gasteiger partial charge on any atom is 0.238 e. The Balaban J connectivity index is 2.62. The van der Waals surface area contributed by atoms with Gasteiger partial charge in [-0.1, -0.05) is 13.2 Å². The Hall–Kier alpha value is -1.88. The lowest BCUT2D eigenvalue weighted by Crippen LogP contribution is -2.23. The fourth-order valence-electron chi connectivity index (χ4n) is 1.26. The SMILES string of the molecule is C=C(C)NCC(C)N=C1C=CC(ON)=NC1=C. The predicted octanol–water partition coefficient (Wildman–Crippen LogP) is 1.31. The molecular weight excluding hydrogens is 216 g/mol. The van der Waals surface area contributed by atoms with E-state index in [2.05, 4.69) is 33.3 Å². The highest BCUT2D eigenvalue weighted by Crippen LogP contribution is 2.08. The molecule has 0 bridgehead atoms. The van der Waals surface area contributed by atoms with Gasteiger partial charge >= 0.3 is 0 Å². The van der Waals surface area contributed by atoms with Gasteiger partial charge in [-0.25, -0.2) is 4.99 Å². The van der Waals surface area contributed by atoms with E-state index in [1.165, 1.54) is 0 Å². The lowest BCUT2D eigenvalue weighted by atomic mass is 10.2. The van der Waals surface area contributed by atoms with Crippen LogP contribution in [0.4, 0.5) is 0 Å². The van der Waals surface area contributed by atoms with Gasteiger partial charge < -0.3 is 10.2 Å². The zero-order valence-corrected chi connectivity index (χ0v) is 10.2. The summed E-state index contributed by atoms with van der Waals surface area (Å²) in [5.74, 6) is 5.35. The minimum atomic E-state index is 0.110. The van der Waals surface area contributed by atoms with E-state index in [0.29, 0.717) is 11.6 Å². The Morgan fingerprint density at radius 2 is 2.35 bits per heavy atom. The van der Waals surface area contributed by atoms with Gasteiger partial charge in [0, 0.05) is 18.3 Å². The van der Waals surface area contributed by atoms with Crippen molar-refractivity contribution in [3.8, 4) is 0 Å². The quantitative estimate of drug-likeness (QED) is 0.720. The van der Waals surface area contributed by atoms with Crippen LogP contribution in [0.15, 0.2) is 46.7 Å². The molecule has 0 saturated heterocycles. The van der Waals surface area contributed by atoms with Crippen molar-refractivity contribution in [2.45, 2.75) is 19.9 Å². The summed E-state index contributed by atoms with van der Waals surface area (Å²) in [6.45, 7) is 12.2. The first-order chi connectivity index (χ1) is 8.02. The standard InChI is InChI=1S/C12H18N4O/c1-8(2)14-7-9(3)15-11-5-6-12(17-13)16-10(11)4/h5-6,9,14H,1,4,7,13H2,2-3H3. The van der Waals surface area contributed by atoms with Gasteiger partial charge in [0.1, 0.15) is 0 Å². The number of rotatable bonds is 4. The van der Waals surface area contributed by atoms with Gasteiger partial charge in [-0.3, -0.25) is 4.99 Å².